The number of nitrogens with one attached hydrogen (secondary N) is 1. The van der Waals surface area contributed by atoms with Crippen LogP contribution in [0.5, 0.6) is 0 Å². The maximum atomic E-state index is 11.5. The summed E-state index contributed by atoms with van der Waals surface area (Å²) in [6.45, 7) is 1.89. The largest absolute Gasteiger partial charge is 0.479 e. The van der Waals surface area contributed by atoms with E-state index in [1.165, 1.54) is 0 Å². The van der Waals surface area contributed by atoms with Gasteiger partial charge in [-0.15, -0.1) is 0 Å². The van der Waals surface area contributed by atoms with Gasteiger partial charge in [0.1, 0.15) is 5.54 Å². The van der Waals surface area contributed by atoms with Crippen LogP contribution >= 0.6 is 0 Å². The third-order valence-corrected chi connectivity index (χ3v) is 3.13. The highest BCUT2D eigenvalue weighted by Crippen LogP contribution is 2.30. The van der Waals surface area contributed by atoms with Gasteiger partial charge < -0.3 is 15.2 Å². The van der Waals surface area contributed by atoms with E-state index in [0.717, 1.165) is 11.1 Å². The van der Waals surface area contributed by atoms with E-state index in [2.05, 4.69) is 5.32 Å². The van der Waals surface area contributed by atoms with Crippen molar-refractivity contribution in [1.82, 2.24) is 5.32 Å². The summed E-state index contributed by atoms with van der Waals surface area (Å²) in [6, 6.07) is 7.49. The number of benzene rings is 1. The van der Waals surface area contributed by atoms with Crippen LogP contribution in [0.15, 0.2) is 24.3 Å². The zero-order valence-electron chi connectivity index (χ0n) is 10.1. The first-order valence-electron chi connectivity index (χ1n) is 5.82. The van der Waals surface area contributed by atoms with E-state index in [9.17, 15) is 14.7 Å². The van der Waals surface area contributed by atoms with E-state index in [4.69, 9.17) is 4.74 Å². The zero-order chi connectivity index (χ0) is 13.2. The predicted molar refractivity (Wildman–Crippen MR) is 64.4 cm³/mol. The van der Waals surface area contributed by atoms with Crippen LogP contribution in [0.1, 0.15) is 18.1 Å². The number of carboxylic acid groups (broad SMARTS) is 1. The second-order valence-electron chi connectivity index (χ2n) is 4.35. The van der Waals surface area contributed by atoms with E-state index in [1.54, 1.807) is 6.92 Å². The number of hydrogen-bond donors (Lipinski definition) is 2. The number of fused-ring (bicyclic) bond motifs is 1. The first-order valence-corrected chi connectivity index (χ1v) is 5.82. The molecular weight excluding hydrogens is 234 g/mol. The van der Waals surface area contributed by atoms with Crippen molar-refractivity contribution in [2.24, 2.45) is 0 Å². The van der Waals surface area contributed by atoms with Gasteiger partial charge in [0.15, 0.2) is 0 Å². The van der Waals surface area contributed by atoms with Gasteiger partial charge in [0.25, 0.3) is 0 Å². The minimum Gasteiger partial charge on any atom is -0.479 e. The second-order valence-corrected chi connectivity index (χ2v) is 4.35. The summed E-state index contributed by atoms with van der Waals surface area (Å²) >= 11 is 0. The molecule has 0 unspecified atom stereocenters. The number of carbonyl (C=O) groups excluding carboxylic acids is 1. The SMILES string of the molecule is CCOC(=O)NC1(C(=O)O)Cc2ccccc2C1. The molecule has 0 fully saturated rings. The van der Waals surface area contributed by atoms with Gasteiger partial charge >= 0.3 is 12.1 Å². The molecule has 18 heavy (non-hydrogen) atoms. The second kappa shape index (κ2) is 4.68. The van der Waals surface area contributed by atoms with E-state index >= 15 is 0 Å². The minimum atomic E-state index is -1.28. The van der Waals surface area contributed by atoms with E-state index < -0.39 is 17.6 Å². The van der Waals surface area contributed by atoms with Crippen LogP contribution in [0.2, 0.25) is 0 Å². The Labute approximate surface area is 105 Å². The summed E-state index contributed by atoms with van der Waals surface area (Å²) in [5.74, 6) is -1.04. The number of rotatable bonds is 3. The van der Waals surface area contributed by atoms with Crippen LogP contribution in [-0.4, -0.2) is 29.3 Å². The third kappa shape index (κ3) is 2.16. The number of carboxylic acids is 1. The number of ether oxygens (including phenoxy) is 1. The Morgan fingerprint density at radius 1 is 1.33 bits per heavy atom. The Bertz CT molecular complexity index is 459. The van der Waals surface area contributed by atoms with Crippen molar-refractivity contribution in [2.45, 2.75) is 25.3 Å². The number of alkyl carbamates (subject to hydrolysis) is 1. The third-order valence-electron chi connectivity index (χ3n) is 3.13. The van der Waals surface area contributed by atoms with Gasteiger partial charge in [-0.2, -0.15) is 0 Å². The first-order chi connectivity index (χ1) is 8.57. The maximum absolute atomic E-state index is 11.5. The fourth-order valence-electron chi connectivity index (χ4n) is 2.27. The molecule has 0 aliphatic heterocycles. The molecule has 0 saturated carbocycles. The normalized spacial score (nSPS) is 15.8. The fourth-order valence-corrected chi connectivity index (χ4v) is 2.27. The Kier molecular flexibility index (Phi) is 3.23. The van der Waals surface area contributed by atoms with Crippen LogP contribution < -0.4 is 5.32 Å². The highest BCUT2D eigenvalue weighted by Gasteiger charge is 2.45. The number of aliphatic carboxylic acids is 1. The quantitative estimate of drug-likeness (QED) is 0.848. The van der Waals surface area contributed by atoms with Gasteiger partial charge in [0, 0.05) is 12.8 Å². The van der Waals surface area contributed by atoms with Gasteiger partial charge in [-0.3, -0.25) is 0 Å². The molecule has 1 aliphatic carbocycles. The molecule has 5 heteroatoms. The summed E-state index contributed by atoms with van der Waals surface area (Å²) in [5.41, 5.74) is 0.629. The monoisotopic (exact) mass is 249 g/mol. The van der Waals surface area contributed by atoms with Crippen LogP contribution in [0.4, 0.5) is 4.79 Å². The number of amides is 1. The van der Waals surface area contributed by atoms with Crippen molar-refractivity contribution in [2.75, 3.05) is 6.61 Å². The predicted octanol–water partition coefficient (Wildman–Crippen LogP) is 1.35. The van der Waals surface area contributed by atoms with E-state index in [0.29, 0.717) is 0 Å². The Balaban J connectivity index is 2.22. The standard InChI is InChI=1S/C13H15NO4/c1-2-18-12(17)14-13(11(15)16)7-9-5-3-4-6-10(9)8-13/h3-6H,2,7-8H2,1H3,(H,14,17)(H,15,16). The lowest BCUT2D eigenvalue weighted by Gasteiger charge is -2.24. The molecule has 1 amide bonds. The highest BCUT2D eigenvalue weighted by molar-refractivity contribution is 5.86. The van der Waals surface area contributed by atoms with Crippen molar-refractivity contribution in [1.29, 1.82) is 0 Å². The number of hydrogen-bond acceptors (Lipinski definition) is 3. The Morgan fingerprint density at radius 3 is 2.33 bits per heavy atom. The van der Waals surface area contributed by atoms with Crippen molar-refractivity contribution in [3.8, 4) is 0 Å². The maximum Gasteiger partial charge on any atom is 0.408 e. The van der Waals surface area contributed by atoms with Gasteiger partial charge in [-0.05, 0) is 18.1 Å². The highest BCUT2D eigenvalue weighted by atomic mass is 16.5. The van der Waals surface area contributed by atoms with Gasteiger partial charge in [0.2, 0.25) is 0 Å². The molecule has 1 aliphatic rings. The molecule has 1 aromatic carbocycles. The molecule has 0 heterocycles. The molecular formula is C13H15NO4. The Morgan fingerprint density at radius 2 is 1.89 bits per heavy atom. The lowest BCUT2D eigenvalue weighted by Crippen LogP contribution is -2.55. The smallest absolute Gasteiger partial charge is 0.408 e. The molecule has 0 spiro atoms. The molecule has 96 valence electrons. The molecule has 0 atom stereocenters. The van der Waals surface area contributed by atoms with E-state index in [-0.39, 0.29) is 19.4 Å². The zero-order valence-corrected chi connectivity index (χ0v) is 10.1. The molecule has 0 radical (unpaired) electrons. The fraction of sp³-hybridized carbons (Fsp3) is 0.385. The lowest BCUT2D eigenvalue weighted by molar-refractivity contribution is -0.144. The minimum absolute atomic E-state index is 0.217. The van der Waals surface area contributed by atoms with Gasteiger partial charge in [0.05, 0.1) is 6.61 Å². The molecule has 0 aromatic heterocycles. The lowest BCUT2D eigenvalue weighted by atomic mass is 9.96. The molecule has 2 rings (SSSR count). The summed E-state index contributed by atoms with van der Waals surface area (Å²) in [4.78, 5) is 22.9. The molecule has 5 nitrogen and oxygen atoms in total. The molecule has 0 bridgehead atoms. The Hall–Kier alpha value is -2.04. The molecule has 0 saturated heterocycles. The topological polar surface area (TPSA) is 75.6 Å². The van der Waals surface area contributed by atoms with Crippen LogP contribution in [-0.2, 0) is 22.4 Å². The van der Waals surface area contributed by atoms with Crippen LogP contribution in [0.3, 0.4) is 0 Å². The molecule has 2 N–H and O–H groups in total. The average molecular weight is 249 g/mol. The van der Waals surface area contributed by atoms with Crippen molar-refractivity contribution in [3.63, 3.8) is 0 Å². The molecule has 1 aromatic rings. The van der Waals surface area contributed by atoms with E-state index in [1.807, 2.05) is 24.3 Å². The number of carbonyl (C=O) groups is 2. The van der Waals surface area contributed by atoms with Gasteiger partial charge in [-0.25, -0.2) is 9.59 Å². The van der Waals surface area contributed by atoms with Crippen molar-refractivity contribution < 1.29 is 19.4 Å². The summed E-state index contributed by atoms with van der Waals surface area (Å²) < 4.78 is 4.76. The summed E-state index contributed by atoms with van der Waals surface area (Å²) in [7, 11) is 0. The van der Waals surface area contributed by atoms with Crippen LogP contribution in [0, 0.1) is 0 Å². The summed E-state index contributed by atoms with van der Waals surface area (Å²) in [6.07, 6.45) is -0.109. The average Bonchev–Trinajstić information content (AvgIpc) is 2.68. The van der Waals surface area contributed by atoms with Crippen molar-refractivity contribution in [3.05, 3.63) is 35.4 Å². The van der Waals surface area contributed by atoms with Crippen LogP contribution in [0.25, 0.3) is 0 Å². The van der Waals surface area contributed by atoms with Crippen molar-refractivity contribution >= 4 is 12.1 Å². The first kappa shape index (κ1) is 12.4. The summed E-state index contributed by atoms with van der Waals surface area (Å²) in [5, 5.41) is 11.9. The van der Waals surface area contributed by atoms with Gasteiger partial charge in [-0.1, -0.05) is 24.3 Å².